The minimum Gasteiger partial charge on any atom is -0.497 e. The summed E-state index contributed by atoms with van der Waals surface area (Å²) < 4.78 is 6.07. The van der Waals surface area contributed by atoms with Gasteiger partial charge in [0.05, 0.1) is 23.4 Å². The van der Waals surface area contributed by atoms with E-state index in [0.717, 1.165) is 15.6 Å². The van der Waals surface area contributed by atoms with E-state index in [2.05, 4.69) is 10.6 Å². The molecule has 0 fully saturated rings. The van der Waals surface area contributed by atoms with Crippen LogP contribution in [-0.4, -0.2) is 18.9 Å². The van der Waals surface area contributed by atoms with E-state index in [0.29, 0.717) is 32.6 Å². The Labute approximate surface area is 188 Å². The molecular weight excluding hydrogens is 432 g/mol. The summed E-state index contributed by atoms with van der Waals surface area (Å²) in [5.41, 5.74) is 2.30. The number of amides is 2. The molecular formula is C24H19ClN2O3S. The van der Waals surface area contributed by atoms with Crippen molar-refractivity contribution in [2.45, 2.75) is 6.92 Å². The number of methoxy groups -OCH3 is 1. The Bertz CT molecular complexity index is 1280. The Morgan fingerprint density at radius 3 is 2.39 bits per heavy atom. The molecule has 156 valence electrons. The van der Waals surface area contributed by atoms with Crippen molar-refractivity contribution in [1.29, 1.82) is 0 Å². The first kappa shape index (κ1) is 20.9. The van der Waals surface area contributed by atoms with E-state index in [4.69, 9.17) is 16.3 Å². The van der Waals surface area contributed by atoms with Crippen molar-refractivity contribution < 1.29 is 14.3 Å². The minimum atomic E-state index is -0.353. The molecule has 1 aromatic heterocycles. The Kier molecular flexibility index (Phi) is 5.93. The summed E-state index contributed by atoms with van der Waals surface area (Å²) in [5.74, 6) is 0.0156. The van der Waals surface area contributed by atoms with Crippen molar-refractivity contribution in [2.24, 2.45) is 0 Å². The average molecular weight is 451 g/mol. The lowest BCUT2D eigenvalue weighted by Crippen LogP contribution is -2.18. The molecule has 0 radical (unpaired) electrons. The zero-order valence-corrected chi connectivity index (χ0v) is 18.4. The Balaban J connectivity index is 1.60. The standard InChI is InChI=1S/C24H19ClN2O3S/c1-14-7-12-19(18(13-14)23(28)26-15-8-10-16(30-2)11-9-15)27-24(29)22-21(25)17-5-3-4-6-20(17)31-22/h3-13H,1-2H3,(H,26,28)(H,27,29). The highest BCUT2D eigenvalue weighted by atomic mass is 35.5. The van der Waals surface area contributed by atoms with Crippen LogP contribution in [0, 0.1) is 6.92 Å². The van der Waals surface area contributed by atoms with Gasteiger partial charge >= 0.3 is 0 Å². The number of aryl methyl sites for hydroxylation is 1. The molecule has 0 aliphatic heterocycles. The van der Waals surface area contributed by atoms with E-state index in [-0.39, 0.29) is 11.8 Å². The lowest BCUT2D eigenvalue weighted by Gasteiger charge is -2.12. The number of carbonyl (C=O) groups excluding carboxylic acids is 2. The molecule has 0 atom stereocenters. The van der Waals surface area contributed by atoms with Crippen molar-refractivity contribution >= 4 is 56.2 Å². The number of hydrogen-bond acceptors (Lipinski definition) is 4. The summed E-state index contributed by atoms with van der Waals surface area (Å²) in [6, 6.07) is 19.9. The summed E-state index contributed by atoms with van der Waals surface area (Å²) in [6.45, 7) is 1.89. The number of halogens is 1. The van der Waals surface area contributed by atoms with Crippen molar-refractivity contribution in [2.75, 3.05) is 17.7 Å². The van der Waals surface area contributed by atoms with E-state index in [1.165, 1.54) is 11.3 Å². The van der Waals surface area contributed by atoms with Crippen LogP contribution in [0.1, 0.15) is 25.6 Å². The fourth-order valence-electron chi connectivity index (χ4n) is 3.17. The van der Waals surface area contributed by atoms with Crippen molar-refractivity contribution in [3.63, 3.8) is 0 Å². The van der Waals surface area contributed by atoms with Crippen molar-refractivity contribution in [1.82, 2.24) is 0 Å². The van der Waals surface area contributed by atoms with Gasteiger partial charge in [-0.15, -0.1) is 11.3 Å². The lowest BCUT2D eigenvalue weighted by atomic mass is 10.1. The predicted octanol–water partition coefficient (Wildman–Crippen LogP) is 6.38. The van der Waals surface area contributed by atoms with Crippen LogP contribution in [0.4, 0.5) is 11.4 Å². The monoisotopic (exact) mass is 450 g/mol. The molecule has 4 aromatic rings. The number of nitrogens with one attached hydrogen (secondary N) is 2. The maximum atomic E-state index is 13.0. The number of hydrogen-bond donors (Lipinski definition) is 2. The lowest BCUT2D eigenvalue weighted by molar-refractivity contribution is 0.102. The second kappa shape index (κ2) is 8.79. The molecule has 0 unspecified atom stereocenters. The maximum absolute atomic E-state index is 13.0. The fourth-order valence-corrected chi connectivity index (χ4v) is 4.58. The first-order valence-electron chi connectivity index (χ1n) is 9.50. The molecule has 1 heterocycles. The van der Waals surface area contributed by atoms with Crippen LogP contribution in [0.25, 0.3) is 10.1 Å². The van der Waals surface area contributed by atoms with Crippen LogP contribution in [0.2, 0.25) is 5.02 Å². The highest BCUT2D eigenvalue weighted by molar-refractivity contribution is 7.21. The molecule has 2 N–H and O–H groups in total. The third-order valence-corrected chi connectivity index (χ3v) is 6.43. The van der Waals surface area contributed by atoms with Crippen LogP contribution in [0.5, 0.6) is 5.75 Å². The largest absolute Gasteiger partial charge is 0.497 e. The smallest absolute Gasteiger partial charge is 0.267 e. The Morgan fingerprint density at radius 2 is 1.68 bits per heavy atom. The molecule has 0 bridgehead atoms. The first-order valence-corrected chi connectivity index (χ1v) is 10.7. The number of fused-ring (bicyclic) bond motifs is 1. The molecule has 0 saturated carbocycles. The molecule has 3 aromatic carbocycles. The average Bonchev–Trinajstić information content (AvgIpc) is 3.12. The molecule has 0 aliphatic rings. The highest BCUT2D eigenvalue weighted by Crippen LogP contribution is 2.35. The van der Waals surface area contributed by atoms with Crippen LogP contribution in [-0.2, 0) is 0 Å². The van der Waals surface area contributed by atoms with Gasteiger partial charge in [-0.25, -0.2) is 0 Å². The minimum absolute atomic E-state index is 0.327. The summed E-state index contributed by atoms with van der Waals surface area (Å²) in [4.78, 5) is 26.3. The Morgan fingerprint density at radius 1 is 0.935 bits per heavy atom. The van der Waals surface area contributed by atoms with Crippen molar-refractivity contribution in [3.05, 3.63) is 87.8 Å². The van der Waals surface area contributed by atoms with E-state index < -0.39 is 0 Å². The molecule has 4 rings (SSSR count). The van der Waals surface area contributed by atoms with Gasteiger partial charge in [-0.05, 0) is 49.4 Å². The molecule has 0 spiro atoms. The summed E-state index contributed by atoms with van der Waals surface area (Å²) in [6.07, 6.45) is 0. The molecule has 7 heteroatoms. The van der Waals surface area contributed by atoms with Gasteiger partial charge < -0.3 is 15.4 Å². The summed E-state index contributed by atoms with van der Waals surface area (Å²) in [7, 11) is 1.58. The van der Waals surface area contributed by atoms with Gasteiger partial charge in [0.1, 0.15) is 10.6 Å². The van der Waals surface area contributed by atoms with Gasteiger partial charge in [0, 0.05) is 15.8 Å². The number of ether oxygens (including phenoxy) is 1. The van der Waals surface area contributed by atoms with Gasteiger partial charge in [0.25, 0.3) is 11.8 Å². The number of anilines is 2. The summed E-state index contributed by atoms with van der Waals surface area (Å²) in [5, 5.41) is 6.95. The number of rotatable bonds is 5. The third kappa shape index (κ3) is 4.40. The zero-order valence-electron chi connectivity index (χ0n) is 16.9. The zero-order chi connectivity index (χ0) is 22.0. The first-order chi connectivity index (χ1) is 15.0. The SMILES string of the molecule is COc1ccc(NC(=O)c2cc(C)ccc2NC(=O)c2sc3ccccc3c2Cl)cc1. The predicted molar refractivity (Wildman–Crippen MR) is 127 cm³/mol. The Hall–Kier alpha value is -3.35. The highest BCUT2D eigenvalue weighted by Gasteiger charge is 2.20. The topological polar surface area (TPSA) is 67.4 Å². The van der Waals surface area contributed by atoms with Gasteiger partial charge in [-0.3, -0.25) is 9.59 Å². The van der Waals surface area contributed by atoms with E-state index in [9.17, 15) is 9.59 Å². The fraction of sp³-hybridized carbons (Fsp3) is 0.0833. The third-order valence-electron chi connectivity index (χ3n) is 4.76. The quantitative estimate of drug-likeness (QED) is 0.371. The second-order valence-electron chi connectivity index (χ2n) is 6.93. The number of thiophene rings is 1. The normalized spacial score (nSPS) is 10.7. The van der Waals surface area contributed by atoms with E-state index in [1.807, 2.05) is 37.3 Å². The number of benzene rings is 3. The van der Waals surface area contributed by atoms with Crippen LogP contribution in [0.3, 0.4) is 0 Å². The molecule has 2 amide bonds. The van der Waals surface area contributed by atoms with E-state index >= 15 is 0 Å². The molecule has 5 nitrogen and oxygen atoms in total. The van der Waals surface area contributed by atoms with Gasteiger partial charge in [0.15, 0.2) is 0 Å². The van der Waals surface area contributed by atoms with Gasteiger partial charge in [-0.2, -0.15) is 0 Å². The second-order valence-corrected chi connectivity index (χ2v) is 8.36. The van der Waals surface area contributed by atoms with E-state index in [1.54, 1.807) is 43.5 Å². The van der Waals surface area contributed by atoms with Gasteiger partial charge in [-0.1, -0.05) is 41.4 Å². The molecule has 0 aliphatic carbocycles. The van der Waals surface area contributed by atoms with Crippen LogP contribution < -0.4 is 15.4 Å². The molecule has 0 saturated heterocycles. The summed E-state index contributed by atoms with van der Waals surface area (Å²) >= 11 is 7.76. The van der Waals surface area contributed by atoms with Gasteiger partial charge in [0.2, 0.25) is 0 Å². The van der Waals surface area contributed by atoms with Crippen LogP contribution in [0.15, 0.2) is 66.7 Å². The van der Waals surface area contributed by atoms with Crippen molar-refractivity contribution in [3.8, 4) is 5.75 Å². The number of carbonyl (C=O) groups is 2. The molecule has 31 heavy (non-hydrogen) atoms. The van der Waals surface area contributed by atoms with Crippen LogP contribution >= 0.6 is 22.9 Å². The maximum Gasteiger partial charge on any atom is 0.267 e.